The molecule has 4 heteroatoms. The number of halogens is 1. The van der Waals surface area contributed by atoms with Crippen LogP contribution in [0.4, 0.5) is 4.79 Å². The summed E-state index contributed by atoms with van der Waals surface area (Å²) in [7, 11) is 0. The van der Waals surface area contributed by atoms with Crippen molar-refractivity contribution >= 4 is 22.0 Å². The van der Waals surface area contributed by atoms with Gasteiger partial charge in [-0.25, -0.2) is 4.79 Å². The zero-order chi connectivity index (χ0) is 10.7. The standard InChI is InChI=1S/C11H12BrNO2/c12-6-10-8-13(11(14)15-10)7-9-4-2-1-3-5-9/h1-5,10H,6-8H2. The molecule has 1 aliphatic rings. The van der Waals surface area contributed by atoms with Crippen molar-refractivity contribution in [3.8, 4) is 0 Å². The van der Waals surface area contributed by atoms with Crippen LogP contribution in [0.1, 0.15) is 5.56 Å². The van der Waals surface area contributed by atoms with Gasteiger partial charge in [0, 0.05) is 11.9 Å². The van der Waals surface area contributed by atoms with Crippen LogP contribution in [-0.4, -0.2) is 29.0 Å². The lowest BCUT2D eigenvalue weighted by Crippen LogP contribution is -2.24. The molecule has 0 aliphatic carbocycles. The average Bonchev–Trinajstić information content (AvgIpc) is 2.61. The monoisotopic (exact) mass is 269 g/mol. The fourth-order valence-corrected chi connectivity index (χ4v) is 1.92. The predicted molar refractivity (Wildman–Crippen MR) is 60.9 cm³/mol. The minimum absolute atomic E-state index is 0.0128. The average molecular weight is 270 g/mol. The third kappa shape index (κ3) is 2.50. The number of amides is 1. The second kappa shape index (κ2) is 4.66. The Bertz CT molecular complexity index is 342. The Kier molecular flexibility index (Phi) is 3.26. The summed E-state index contributed by atoms with van der Waals surface area (Å²) in [5.41, 5.74) is 1.13. The SMILES string of the molecule is O=C1OC(CBr)CN1Cc1ccccc1. The molecule has 1 heterocycles. The highest BCUT2D eigenvalue weighted by Crippen LogP contribution is 2.16. The molecule has 2 rings (SSSR count). The minimum atomic E-state index is -0.219. The number of alkyl halides is 1. The summed E-state index contributed by atoms with van der Waals surface area (Å²) < 4.78 is 5.14. The van der Waals surface area contributed by atoms with Gasteiger partial charge in [0.1, 0.15) is 6.10 Å². The molecule has 0 bridgehead atoms. The van der Waals surface area contributed by atoms with E-state index in [1.165, 1.54) is 0 Å². The maximum atomic E-state index is 11.4. The van der Waals surface area contributed by atoms with Crippen molar-refractivity contribution in [3.63, 3.8) is 0 Å². The second-order valence-corrected chi connectivity index (χ2v) is 4.17. The number of rotatable bonds is 3. The first-order valence-electron chi connectivity index (χ1n) is 4.85. The Morgan fingerprint density at radius 1 is 1.40 bits per heavy atom. The van der Waals surface area contributed by atoms with E-state index in [0.717, 1.165) is 5.56 Å². The number of hydrogen-bond acceptors (Lipinski definition) is 2. The van der Waals surface area contributed by atoms with Crippen molar-refractivity contribution in [2.75, 3.05) is 11.9 Å². The van der Waals surface area contributed by atoms with Crippen LogP contribution >= 0.6 is 15.9 Å². The molecule has 80 valence electrons. The van der Waals surface area contributed by atoms with E-state index in [9.17, 15) is 4.79 Å². The quantitative estimate of drug-likeness (QED) is 0.789. The van der Waals surface area contributed by atoms with Crippen molar-refractivity contribution in [3.05, 3.63) is 35.9 Å². The van der Waals surface area contributed by atoms with Gasteiger partial charge in [0.05, 0.1) is 6.54 Å². The molecular weight excluding hydrogens is 258 g/mol. The highest BCUT2D eigenvalue weighted by atomic mass is 79.9. The molecule has 1 atom stereocenters. The Balaban J connectivity index is 1.99. The zero-order valence-electron chi connectivity index (χ0n) is 8.23. The summed E-state index contributed by atoms with van der Waals surface area (Å²) in [5.74, 6) is 0. The van der Waals surface area contributed by atoms with Crippen LogP contribution in [0.2, 0.25) is 0 Å². The van der Waals surface area contributed by atoms with Crippen LogP contribution < -0.4 is 0 Å². The Hall–Kier alpha value is -1.03. The molecule has 1 saturated heterocycles. The van der Waals surface area contributed by atoms with Gasteiger partial charge in [-0.1, -0.05) is 46.3 Å². The van der Waals surface area contributed by atoms with Crippen LogP contribution in [0.25, 0.3) is 0 Å². The number of cyclic esters (lactones) is 1. The first kappa shape index (κ1) is 10.5. The van der Waals surface area contributed by atoms with Crippen molar-refractivity contribution in [1.29, 1.82) is 0 Å². The summed E-state index contributed by atoms with van der Waals surface area (Å²) in [5, 5.41) is 0.698. The van der Waals surface area contributed by atoms with Crippen molar-refractivity contribution in [1.82, 2.24) is 4.90 Å². The lowest BCUT2D eigenvalue weighted by molar-refractivity contribution is 0.139. The van der Waals surface area contributed by atoms with Crippen LogP contribution in [0.3, 0.4) is 0 Å². The molecule has 3 nitrogen and oxygen atoms in total. The normalized spacial score (nSPS) is 20.5. The Labute approximate surface area is 97.2 Å². The molecule has 15 heavy (non-hydrogen) atoms. The number of carbonyl (C=O) groups excluding carboxylic acids is 1. The second-order valence-electron chi connectivity index (χ2n) is 3.53. The Morgan fingerprint density at radius 3 is 2.73 bits per heavy atom. The fraction of sp³-hybridized carbons (Fsp3) is 0.364. The van der Waals surface area contributed by atoms with Crippen LogP contribution in [0.5, 0.6) is 0 Å². The highest BCUT2D eigenvalue weighted by Gasteiger charge is 2.29. The van der Waals surface area contributed by atoms with E-state index in [4.69, 9.17) is 4.74 Å². The largest absolute Gasteiger partial charge is 0.443 e. The molecule has 1 aromatic carbocycles. The van der Waals surface area contributed by atoms with E-state index in [2.05, 4.69) is 15.9 Å². The number of nitrogens with zero attached hydrogens (tertiary/aromatic N) is 1. The van der Waals surface area contributed by atoms with Crippen molar-refractivity contribution in [2.24, 2.45) is 0 Å². The molecule has 1 aliphatic heterocycles. The first-order chi connectivity index (χ1) is 7.29. The molecular formula is C11H12BrNO2. The smallest absolute Gasteiger partial charge is 0.410 e. The van der Waals surface area contributed by atoms with Gasteiger partial charge < -0.3 is 9.64 Å². The summed E-state index contributed by atoms with van der Waals surface area (Å²) in [4.78, 5) is 13.2. The Morgan fingerprint density at radius 2 is 2.13 bits per heavy atom. The van der Waals surface area contributed by atoms with Crippen LogP contribution in [-0.2, 0) is 11.3 Å². The molecule has 0 aromatic heterocycles. The summed E-state index contributed by atoms with van der Waals surface area (Å²) in [6, 6.07) is 9.92. The van der Waals surface area contributed by atoms with Gasteiger partial charge in [0.15, 0.2) is 0 Å². The lowest BCUT2D eigenvalue weighted by Gasteiger charge is -2.12. The molecule has 0 radical (unpaired) electrons. The molecule has 0 saturated carbocycles. The predicted octanol–water partition coefficient (Wildman–Crippen LogP) is 2.40. The summed E-state index contributed by atoms with van der Waals surface area (Å²) in [6.07, 6.45) is -0.232. The third-order valence-electron chi connectivity index (χ3n) is 2.34. The van der Waals surface area contributed by atoms with E-state index in [1.807, 2.05) is 30.3 Å². The summed E-state index contributed by atoms with van der Waals surface area (Å²) in [6.45, 7) is 1.29. The maximum Gasteiger partial charge on any atom is 0.410 e. The number of carbonyl (C=O) groups is 1. The van der Waals surface area contributed by atoms with E-state index in [1.54, 1.807) is 4.90 Å². The number of ether oxygens (including phenoxy) is 1. The fourth-order valence-electron chi connectivity index (χ4n) is 1.59. The number of hydrogen-bond donors (Lipinski definition) is 0. The zero-order valence-corrected chi connectivity index (χ0v) is 9.81. The third-order valence-corrected chi connectivity index (χ3v) is 3.06. The molecule has 1 amide bonds. The highest BCUT2D eigenvalue weighted by molar-refractivity contribution is 9.09. The topological polar surface area (TPSA) is 29.5 Å². The molecule has 0 N–H and O–H groups in total. The van der Waals surface area contributed by atoms with E-state index in [0.29, 0.717) is 18.4 Å². The molecule has 1 unspecified atom stereocenters. The molecule has 1 fully saturated rings. The van der Waals surface area contributed by atoms with Gasteiger partial charge in [0.2, 0.25) is 0 Å². The molecule has 1 aromatic rings. The van der Waals surface area contributed by atoms with Gasteiger partial charge in [-0.05, 0) is 5.56 Å². The number of benzene rings is 1. The summed E-state index contributed by atoms with van der Waals surface area (Å²) >= 11 is 3.31. The van der Waals surface area contributed by atoms with Gasteiger partial charge in [-0.15, -0.1) is 0 Å². The van der Waals surface area contributed by atoms with Crippen LogP contribution in [0.15, 0.2) is 30.3 Å². The van der Waals surface area contributed by atoms with Crippen LogP contribution in [0, 0.1) is 0 Å². The maximum absolute atomic E-state index is 11.4. The van der Waals surface area contributed by atoms with Crippen molar-refractivity contribution < 1.29 is 9.53 Å². The van der Waals surface area contributed by atoms with Gasteiger partial charge in [0.25, 0.3) is 0 Å². The van der Waals surface area contributed by atoms with E-state index in [-0.39, 0.29) is 12.2 Å². The first-order valence-corrected chi connectivity index (χ1v) is 5.97. The van der Waals surface area contributed by atoms with Crippen molar-refractivity contribution in [2.45, 2.75) is 12.6 Å². The van der Waals surface area contributed by atoms with Gasteiger partial charge in [-0.3, -0.25) is 0 Å². The lowest BCUT2D eigenvalue weighted by atomic mass is 10.2. The molecule has 0 spiro atoms. The van der Waals surface area contributed by atoms with E-state index < -0.39 is 0 Å². The van der Waals surface area contributed by atoms with Gasteiger partial charge >= 0.3 is 6.09 Å². The van der Waals surface area contributed by atoms with Gasteiger partial charge in [-0.2, -0.15) is 0 Å². The van der Waals surface area contributed by atoms with E-state index >= 15 is 0 Å². The minimum Gasteiger partial charge on any atom is -0.443 e.